The Morgan fingerprint density at radius 1 is 0.787 bits per heavy atom. The maximum atomic E-state index is 13.1. The van der Waals surface area contributed by atoms with Crippen LogP contribution in [0.3, 0.4) is 0 Å². The van der Waals surface area contributed by atoms with Crippen LogP contribution in [-0.4, -0.2) is 51.8 Å². The van der Waals surface area contributed by atoms with Gasteiger partial charge in [-0.3, -0.25) is 0 Å². The van der Waals surface area contributed by atoms with Crippen LogP contribution >= 0.6 is 0 Å². The van der Waals surface area contributed by atoms with Crippen molar-refractivity contribution in [2.75, 3.05) is 26.9 Å². The number of hydrogen-bond acceptors (Lipinski definition) is 13. The van der Waals surface area contributed by atoms with Gasteiger partial charge in [0.05, 0.1) is 26.9 Å². The number of rotatable bonds is 14. The molecule has 0 unspecified atom stereocenters. The van der Waals surface area contributed by atoms with Gasteiger partial charge in [-0.05, 0) is 38.5 Å². The van der Waals surface area contributed by atoms with E-state index in [0.717, 1.165) is 11.6 Å². The number of aryl methyl sites for hydroxylation is 1. The zero-order chi connectivity index (χ0) is 33.7. The molecule has 0 radical (unpaired) electrons. The summed E-state index contributed by atoms with van der Waals surface area (Å²) >= 11 is 0. The lowest BCUT2D eigenvalue weighted by Crippen LogP contribution is -2.10. The molecule has 0 aliphatic rings. The molecule has 248 valence electrons. The molecule has 5 aromatic rings. The van der Waals surface area contributed by atoms with Gasteiger partial charge in [0, 0.05) is 29.3 Å². The van der Waals surface area contributed by atoms with E-state index in [1.807, 2.05) is 30.3 Å². The maximum absolute atomic E-state index is 13.1. The van der Waals surface area contributed by atoms with E-state index in [0.29, 0.717) is 28.9 Å². The van der Waals surface area contributed by atoms with E-state index in [9.17, 15) is 22.6 Å². The van der Waals surface area contributed by atoms with Gasteiger partial charge >= 0.3 is 11.9 Å². The summed E-state index contributed by atoms with van der Waals surface area (Å²) in [6.07, 6.45) is 0.589. The van der Waals surface area contributed by atoms with Crippen molar-refractivity contribution in [3.63, 3.8) is 0 Å². The number of carbonyl (C=O) groups is 2. The minimum Gasteiger partial charge on any atom is -0.716 e. The van der Waals surface area contributed by atoms with Gasteiger partial charge in [-0.2, -0.15) is 0 Å². The van der Waals surface area contributed by atoms with Crippen molar-refractivity contribution >= 4 is 44.3 Å². The van der Waals surface area contributed by atoms with Crippen LogP contribution in [0.1, 0.15) is 51.6 Å². The molecule has 0 aliphatic heterocycles. The molecule has 0 spiro atoms. The highest BCUT2D eigenvalue weighted by molar-refractivity contribution is 7.81. The van der Waals surface area contributed by atoms with Gasteiger partial charge in [0.25, 0.3) is 10.4 Å². The van der Waals surface area contributed by atoms with E-state index in [2.05, 4.69) is 4.18 Å². The molecular weight excluding hydrogens is 636 g/mol. The van der Waals surface area contributed by atoms with Gasteiger partial charge in [0.15, 0.2) is 28.8 Å². The Balaban J connectivity index is 1.56. The molecule has 2 aromatic heterocycles. The second-order valence-corrected chi connectivity index (χ2v) is 11.0. The highest BCUT2D eigenvalue weighted by atomic mass is 32.3. The average molecular weight is 668 g/mol. The fraction of sp³-hybridized carbons (Fsp3) is 0.273. The van der Waals surface area contributed by atoms with Crippen molar-refractivity contribution in [1.82, 2.24) is 0 Å². The summed E-state index contributed by atoms with van der Waals surface area (Å²) in [5.41, 5.74) is 1.67. The Morgan fingerprint density at radius 3 is 2.04 bits per heavy atom. The summed E-state index contributed by atoms with van der Waals surface area (Å²) in [4.78, 5) is 25.9. The van der Waals surface area contributed by atoms with E-state index < -0.39 is 28.1 Å². The highest BCUT2D eigenvalue weighted by Gasteiger charge is 2.27. The number of carbonyl (C=O) groups excluding carboxylic acids is 2. The third kappa shape index (κ3) is 7.45. The van der Waals surface area contributed by atoms with Crippen molar-refractivity contribution in [3.05, 3.63) is 82.8 Å². The third-order valence-corrected chi connectivity index (χ3v) is 7.36. The Labute approximate surface area is 269 Å². The second-order valence-electron chi connectivity index (χ2n) is 10.0. The quantitative estimate of drug-likeness (QED) is 0.0780. The lowest BCUT2D eigenvalue weighted by molar-refractivity contribution is 0.0514. The molecule has 0 aliphatic carbocycles. The van der Waals surface area contributed by atoms with Crippen LogP contribution in [0.15, 0.2) is 63.4 Å². The summed E-state index contributed by atoms with van der Waals surface area (Å²) in [6.45, 7) is 5.07. The van der Waals surface area contributed by atoms with Gasteiger partial charge in [0.2, 0.25) is 0 Å². The molecular formula is C33H31O13S-. The second kappa shape index (κ2) is 14.1. The van der Waals surface area contributed by atoms with Gasteiger partial charge in [-0.25, -0.2) is 18.0 Å². The molecule has 13 nitrogen and oxygen atoms in total. The zero-order valence-corrected chi connectivity index (χ0v) is 26.8. The lowest BCUT2D eigenvalue weighted by atomic mass is 10.1. The van der Waals surface area contributed by atoms with Crippen LogP contribution in [0.4, 0.5) is 0 Å². The van der Waals surface area contributed by atoms with Crippen molar-refractivity contribution in [2.45, 2.75) is 33.8 Å². The molecule has 3 aromatic carbocycles. The van der Waals surface area contributed by atoms with Gasteiger partial charge in [-0.1, -0.05) is 30.3 Å². The number of benzene rings is 3. The van der Waals surface area contributed by atoms with Gasteiger partial charge < -0.3 is 41.3 Å². The Morgan fingerprint density at radius 2 is 1.38 bits per heavy atom. The Kier molecular flexibility index (Phi) is 9.92. The first kappa shape index (κ1) is 33.2. The Hall–Kier alpha value is -5.21. The molecule has 0 N–H and O–H groups in total. The normalized spacial score (nSPS) is 11.4. The zero-order valence-electron chi connectivity index (χ0n) is 25.9. The summed E-state index contributed by atoms with van der Waals surface area (Å²) in [5.74, 6) is -1.09. The molecule has 14 heteroatoms. The van der Waals surface area contributed by atoms with Crippen LogP contribution in [0.2, 0.25) is 0 Å². The lowest BCUT2D eigenvalue weighted by Gasteiger charge is -2.13. The number of esters is 2. The first-order valence-electron chi connectivity index (χ1n) is 14.5. The van der Waals surface area contributed by atoms with E-state index in [-0.39, 0.29) is 65.8 Å². The largest absolute Gasteiger partial charge is 0.716 e. The van der Waals surface area contributed by atoms with E-state index in [1.54, 1.807) is 32.9 Å². The first-order valence-corrected chi connectivity index (χ1v) is 15.9. The summed E-state index contributed by atoms with van der Waals surface area (Å²) in [6, 6.07) is 15.3. The van der Waals surface area contributed by atoms with Gasteiger partial charge in [0.1, 0.15) is 34.7 Å². The smallest absolute Gasteiger partial charge is 0.342 e. The number of furan rings is 2. The molecule has 0 bridgehead atoms. The molecule has 0 saturated carbocycles. The number of ether oxygens (including phenoxy) is 5. The van der Waals surface area contributed by atoms with Crippen LogP contribution in [0, 0.1) is 6.92 Å². The minimum absolute atomic E-state index is 0.00644. The fourth-order valence-electron chi connectivity index (χ4n) is 4.99. The van der Waals surface area contributed by atoms with E-state index in [1.165, 1.54) is 13.2 Å². The van der Waals surface area contributed by atoms with E-state index in [4.69, 9.17) is 32.5 Å². The van der Waals surface area contributed by atoms with Crippen molar-refractivity contribution in [2.24, 2.45) is 0 Å². The topological polar surface area (TPSA) is 173 Å². The monoisotopic (exact) mass is 667 g/mol. The van der Waals surface area contributed by atoms with Crippen LogP contribution in [0.5, 0.6) is 23.0 Å². The maximum Gasteiger partial charge on any atom is 0.342 e. The molecule has 0 atom stereocenters. The third-order valence-electron chi connectivity index (χ3n) is 6.98. The average Bonchev–Trinajstić information content (AvgIpc) is 3.54. The summed E-state index contributed by atoms with van der Waals surface area (Å²) in [7, 11) is -3.94. The standard InChI is InChI=1S/C33H32O13S/c1-5-40-32(34)30-19(3)44-23-17-27(42-13-12-20-10-8-7-9-11-20)26(14-21(23)30)43-18-29-31(33(35)41-6-2)22-15-28(46-47(36,37)38)25(39-4)16-24(22)45-29/h7-11,14-17H,5-6,12-13,18H2,1-4H3,(H,36,37,38)/p-1. The van der Waals surface area contributed by atoms with Crippen molar-refractivity contribution in [3.8, 4) is 23.0 Å². The Bertz CT molecular complexity index is 2020. The summed E-state index contributed by atoms with van der Waals surface area (Å²) in [5, 5.41) is 0.512. The van der Waals surface area contributed by atoms with Crippen molar-refractivity contribution < 1.29 is 59.3 Å². The minimum atomic E-state index is -5.18. The van der Waals surface area contributed by atoms with Crippen LogP contribution < -0.4 is 18.4 Å². The first-order chi connectivity index (χ1) is 22.5. The predicted molar refractivity (Wildman–Crippen MR) is 166 cm³/mol. The number of methoxy groups -OCH3 is 1. The van der Waals surface area contributed by atoms with E-state index >= 15 is 0 Å². The van der Waals surface area contributed by atoms with Crippen LogP contribution in [0.25, 0.3) is 21.9 Å². The molecule has 0 fully saturated rings. The fourth-order valence-corrected chi connectivity index (χ4v) is 5.34. The number of fused-ring (bicyclic) bond motifs is 2. The molecule has 0 amide bonds. The predicted octanol–water partition coefficient (Wildman–Crippen LogP) is 5.89. The molecule has 5 rings (SSSR count). The number of hydrogen-bond donors (Lipinski definition) is 0. The van der Waals surface area contributed by atoms with Crippen LogP contribution in [-0.2, 0) is 32.9 Å². The molecule has 47 heavy (non-hydrogen) atoms. The highest BCUT2D eigenvalue weighted by Crippen LogP contribution is 2.40. The SMILES string of the molecule is CCOC(=O)c1c(C)oc2cc(OCCc3ccccc3)c(OCc3oc4cc(OC)c(OS(=O)(=O)[O-])cc4c3C(=O)OCC)cc12. The molecule has 2 heterocycles. The van der Waals surface area contributed by atoms with Gasteiger partial charge in [-0.15, -0.1) is 0 Å². The summed E-state index contributed by atoms with van der Waals surface area (Å²) < 4.78 is 78.4. The molecule has 0 saturated heterocycles. The van der Waals surface area contributed by atoms with Crippen molar-refractivity contribution in [1.29, 1.82) is 0 Å².